The van der Waals surface area contributed by atoms with Crippen molar-refractivity contribution in [2.24, 2.45) is 14.1 Å². The summed E-state index contributed by atoms with van der Waals surface area (Å²) in [5.74, 6) is 0.0135. The maximum atomic E-state index is 12.7. The van der Waals surface area contributed by atoms with Crippen molar-refractivity contribution in [1.82, 2.24) is 19.3 Å². The number of fused-ring (bicyclic) bond motifs is 1. The monoisotopic (exact) mass is 328 g/mol. The van der Waals surface area contributed by atoms with Gasteiger partial charge in [0.2, 0.25) is 11.5 Å². The molecule has 0 bridgehead atoms. The van der Waals surface area contributed by atoms with Gasteiger partial charge in [0.05, 0.1) is 17.7 Å². The van der Waals surface area contributed by atoms with E-state index in [2.05, 4.69) is 10.1 Å². The maximum Gasteiger partial charge on any atom is 0.359 e. The number of rotatable bonds is 2. The quantitative estimate of drug-likeness (QED) is 0.457. The van der Waals surface area contributed by atoms with Crippen LogP contribution in [-0.2, 0) is 14.1 Å². The zero-order valence-electron chi connectivity index (χ0n) is 13.7. The van der Waals surface area contributed by atoms with E-state index in [0.717, 1.165) is 10.3 Å². The fraction of sp³-hybridized carbons (Fsp3) is 0.267. The molecule has 24 heavy (non-hydrogen) atoms. The first kappa shape index (κ1) is 15.7. The average molecular weight is 328 g/mol. The number of hydrogen-bond donors (Lipinski definition) is 0. The molecule has 0 spiro atoms. The molecule has 0 fully saturated rings. The number of aromatic nitrogens is 5. The van der Waals surface area contributed by atoms with Crippen LogP contribution in [0.2, 0.25) is 0 Å². The Balaban J connectivity index is 2.31. The molecule has 0 radical (unpaired) electrons. The van der Waals surface area contributed by atoms with E-state index in [1.165, 1.54) is 18.8 Å². The van der Waals surface area contributed by atoms with E-state index >= 15 is 0 Å². The smallest absolute Gasteiger partial charge is 0.359 e. The second kappa shape index (κ2) is 5.44. The summed E-state index contributed by atoms with van der Waals surface area (Å²) in [7, 11) is 6.63. The molecule has 0 aromatic heterocycles. The van der Waals surface area contributed by atoms with Crippen LogP contribution in [0.25, 0.3) is 22.9 Å². The number of benzene rings is 1. The van der Waals surface area contributed by atoms with Gasteiger partial charge in [-0.25, -0.2) is 9.52 Å². The Hall–Kier alpha value is -3.23. The van der Waals surface area contributed by atoms with E-state index in [1.807, 2.05) is 31.1 Å². The number of anilines is 1. The Kier molecular flexibility index (Phi) is 3.55. The lowest BCUT2D eigenvalue weighted by molar-refractivity contribution is -0.587. The SMILES string of the molecule is CN(C)c1ccc(-c2nn(C)c3nc(=O)n(C)c(=O)c-3[n+]2[O-])cc1. The molecule has 2 heterocycles. The number of aryl methyl sites for hydroxylation is 1. The zero-order valence-corrected chi connectivity index (χ0v) is 13.7. The number of hydrogen-bond acceptors (Lipinski definition) is 6. The summed E-state index contributed by atoms with van der Waals surface area (Å²) in [6.07, 6.45) is 0. The van der Waals surface area contributed by atoms with Gasteiger partial charge in [-0.05, 0) is 24.3 Å². The standard InChI is InChI=1S/C15H16N6O3/c1-18(2)10-7-5-9(6-8-10)12-17-20(4)13-11(21(12)24)14(22)19(3)15(23)16-13/h5-8H,1-4H3. The Morgan fingerprint density at radius 3 is 2.33 bits per heavy atom. The Labute approximate surface area is 137 Å². The highest BCUT2D eigenvalue weighted by molar-refractivity contribution is 5.59. The molecule has 0 unspecified atom stereocenters. The molecule has 0 atom stereocenters. The van der Waals surface area contributed by atoms with Crippen molar-refractivity contribution >= 4 is 5.69 Å². The molecule has 0 saturated carbocycles. The van der Waals surface area contributed by atoms with Crippen molar-refractivity contribution in [3.63, 3.8) is 0 Å². The minimum atomic E-state index is -0.729. The van der Waals surface area contributed by atoms with Crippen molar-refractivity contribution in [2.75, 3.05) is 19.0 Å². The van der Waals surface area contributed by atoms with E-state index in [-0.39, 0.29) is 17.3 Å². The molecule has 2 aliphatic rings. The van der Waals surface area contributed by atoms with Crippen molar-refractivity contribution in [2.45, 2.75) is 0 Å². The largest absolute Gasteiger partial charge is 0.710 e. The van der Waals surface area contributed by atoms with Crippen LogP contribution in [0.4, 0.5) is 5.69 Å². The summed E-state index contributed by atoms with van der Waals surface area (Å²) in [5.41, 5.74) is -0.130. The molecule has 3 rings (SSSR count). The summed E-state index contributed by atoms with van der Waals surface area (Å²) in [5, 5.41) is 16.8. The van der Waals surface area contributed by atoms with Crippen LogP contribution in [0.3, 0.4) is 0 Å². The van der Waals surface area contributed by atoms with Crippen LogP contribution < -0.4 is 20.9 Å². The average Bonchev–Trinajstić information content (AvgIpc) is 2.55. The lowest BCUT2D eigenvalue weighted by atomic mass is 10.2. The lowest BCUT2D eigenvalue weighted by Crippen LogP contribution is -2.47. The summed E-state index contributed by atoms with van der Waals surface area (Å²) < 4.78 is 2.49. The van der Waals surface area contributed by atoms with E-state index < -0.39 is 11.2 Å². The van der Waals surface area contributed by atoms with Gasteiger partial charge in [-0.3, -0.25) is 9.36 Å². The van der Waals surface area contributed by atoms with Crippen LogP contribution in [0, 0.1) is 5.21 Å². The number of nitrogens with zero attached hydrogens (tertiary/aromatic N) is 6. The van der Waals surface area contributed by atoms with Gasteiger partial charge in [-0.1, -0.05) is 0 Å². The molecule has 1 aromatic carbocycles. The van der Waals surface area contributed by atoms with Gasteiger partial charge in [0.1, 0.15) is 0 Å². The highest BCUT2D eigenvalue weighted by Crippen LogP contribution is 2.20. The van der Waals surface area contributed by atoms with E-state index in [1.54, 1.807) is 12.1 Å². The Bertz CT molecular complexity index is 1000. The van der Waals surface area contributed by atoms with Gasteiger partial charge in [-0.2, -0.15) is 9.67 Å². The molecule has 9 nitrogen and oxygen atoms in total. The fourth-order valence-electron chi connectivity index (χ4n) is 2.38. The molecular weight excluding hydrogens is 312 g/mol. The minimum Gasteiger partial charge on any atom is -0.710 e. The highest BCUT2D eigenvalue weighted by Gasteiger charge is 2.27. The summed E-state index contributed by atoms with van der Waals surface area (Å²) in [6.45, 7) is 0. The Morgan fingerprint density at radius 2 is 1.75 bits per heavy atom. The predicted molar refractivity (Wildman–Crippen MR) is 87.9 cm³/mol. The van der Waals surface area contributed by atoms with Crippen LogP contribution in [0.1, 0.15) is 0 Å². The van der Waals surface area contributed by atoms with Crippen molar-refractivity contribution < 1.29 is 4.73 Å². The molecule has 9 heteroatoms. The molecule has 0 amide bonds. The van der Waals surface area contributed by atoms with Crippen LogP contribution >= 0.6 is 0 Å². The maximum absolute atomic E-state index is 12.7. The van der Waals surface area contributed by atoms with Gasteiger partial charge < -0.3 is 10.1 Å². The van der Waals surface area contributed by atoms with Gasteiger partial charge in [-0.15, -0.1) is 0 Å². The van der Waals surface area contributed by atoms with Gasteiger partial charge >= 0.3 is 17.1 Å². The van der Waals surface area contributed by atoms with Gasteiger partial charge in [0, 0.05) is 26.8 Å². The Morgan fingerprint density at radius 1 is 1.12 bits per heavy atom. The van der Waals surface area contributed by atoms with Crippen LogP contribution in [-0.4, -0.2) is 33.4 Å². The molecule has 0 N–H and O–H groups in total. The summed E-state index contributed by atoms with van der Waals surface area (Å²) in [4.78, 5) is 29.6. The van der Waals surface area contributed by atoms with Gasteiger partial charge in [0.25, 0.3) is 0 Å². The van der Waals surface area contributed by atoms with E-state index in [4.69, 9.17) is 0 Å². The molecule has 124 valence electrons. The summed E-state index contributed by atoms with van der Waals surface area (Å²) >= 11 is 0. The summed E-state index contributed by atoms with van der Waals surface area (Å²) in [6, 6.07) is 7.19. The van der Waals surface area contributed by atoms with Crippen molar-refractivity contribution in [3.8, 4) is 22.9 Å². The first-order valence-corrected chi connectivity index (χ1v) is 7.16. The highest BCUT2D eigenvalue weighted by atomic mass is 16.5. The second-order valence-corrected chi connectivity index (χ2v) is 5.61. The molecule has 0 aliphatic carbocycles. The molecule has 0 saturated heterocycles. The third-order valence-electron chi connectivity index (χ3n) is 3.80. The topological polar surface area (TPSA) is 100.0 Å². The van der Waals surface area contributed by atoms with E-state index in [9.17, 15) is 14.8 Å². The minimum absolute atomic E-state index is 0.0493. The molecule has 2 aliphatic heterocycles. The lowest BCUT2D eigenvalue weighted by Gasteiger charge is -2.15. The second-order valence-electron chi connectivity index (χ2n) is 5.61. The van der Waals surface area contributed by atoms with E-state index in [0.29, 0.717) is 10.3 Å². The predicted octanol–water partition coefficient (Wildman–Crippen LogP) is -0.655. The third kappa shape index (κ3) is 2.30. The van der Waals surface area contributed by atoms with Crippen molar-refractivity contribution in [1.29, 1.82) is 0 Å². The molecule has 1 aromatic rings. The van der Waals surface area contributed by atoms with Crippen LogP contribution in [0.15, 0.2) is 33.9 Å². The zero-order chi connectivity index (χ0) is 17.6. The first-order valence-electron chi connectivity index (χ1n) is 7.16. The van der Waals surface area contributed by atoms with Gasteiger partial charge in [0.15, 0.2) is 0 Å². The molecular formula is C15H16N6O3. The normalized spacial score (nSPS) is 11.0. The third-order valence-corrected chi connectivity index (χ3v) is 3.80. The fourth-order valence-corrected chi connectivity index (χ4v) is 2.38. The first-order chi connectivity index (χ1) is 11.3. The van der Waals surface area contributed by atoms with Crippen LogP contribution in [0.5, 0.6) is 0 Å². The van der Waals surface area contributed by atoms with Crippen molar-refractivity contribution in [3.05, 3.63) is 50.3 Å².